The van der Waals surface area contributed by atoms with E-state index in [1.807, 2.05) is 12.1 Å². The molecule has 2 heterocycles. The molecule has 0 aliphatic carbocycles. The van der Waals surface area contributed by atoms with Crippen LogP contribution in [-0.4, -0.2) is 60.3 Å². The van der Waals surface area contributed by atoms with E-state index in [4.69, 9.17) is 5.11 Å². The number of nitrogens with zero attached hydrogens (tertiary/aromatic N) is 3. The molecule has 0 amide bonds. The van der Waals surface area contributed by atoms with Gasteiger partial charge in [0.1, 0.15) is 0 Å². The number of rotatable bonds is 6. The van der Waals surface area contributed by atoms with Crippen LogP contribution >= 0.6 is 0 Å². The van der Waals surface area contributed by atoms with Gasteiger partial charge in [0.15, 0.2) is 0 Å². The fraction of sp³-hybridized carbons (Fsp3) is 0.368. The highest BCUT2D eigenvalue weighted by Gasteiger charge is 2.33. The zero-order valence-corrected chi connectivity index (χ0v) is 16.2. The molecule has 1 aliphatic heterocycles. The molecule has 1 aromatic heterocycles. The summed E-state index contributed by atoms with van der Waals surface area (Å²) in [6.07, 6.45) is 3.24. The lowest BCUT2D eigenvalue weighted by atomic mass is 9.95. The molecule has 1 fully saturated rings. The number of carboxylic acids is 1. The van der Waals surface area contributed by atoms with Gasteiger partial charge in [-0.25, -0.2) is 4.79 Å². The van der Waals surface area contributed by atoms with Crippen LogP contribution in [0.4, 0.5) is 0 Å². The maximum absolute atomic E-state index is 12.3. The fourth-order valence-corrected chi connectivity index (χ4v) is 4.55. The van der Waals surface area contributed by atoms with Crippen LogP contribution < -0.4 is 0 Å². The highest BCUT2D eigenvalue weighted by atomic mass is 32.2. The molecule has 144 valence electrons. The van der Waals surface area contributed by atoms with Gasteiger partial charge in [-0.1, -0.05) is 18.2 Å². The van der Waals surface area contributed by atoms with Gasteiger partial charge in [-0.3, -0.25) is 4.98 Å². The lowest BCUT2D eigenvalue weighted by Crippen LogP contribution is -2.38. The van der Waals surface area contributed by atoms with Crippen molar-refractivity contribution in [1.82, 2.24) is 13.6 Å². The summed E-state index contributed by atoms with van der Waals surface area (Å²) in [6, 6.07) is 10.5. The Labute approximate surface area is 159 Å². The number of hydrogen-bond acceptors (Lipinski definition) is 4. The topological polar surface area (TPSA) is 90.8 Å². The first-order valence-corrected chi connectivity index (χ1v) is 10.1. The van der Waals surface area contributed by atoms with E-state index in [-0.39, 0.29) is 11.5 Å². The first kappa shape index (κ1) is 19.5. The summed E-state index contributed by atoms with van der Waals surface area (Å²) in [5, 5.41) is 9.05. The lowest BCUT2D eigenvalue weighted by Gasteiger charge is -2.21. The molecule has 1 saturated heterocycles. The number of hydrogen-bond donors (Lipinski definition) is 1. The second-order valence-corrected chi connectivity index (χ2v) is 9.04. The van der Waals surface area contributed by atoms with E-state index in [1.54, 1.807) is 44.6 Å². The molecule has 0 saturated carbocycles. The Kier molecular flexibility index (Phi) is 5.59. The van der Waals surface area contributed by atoms with Crippen molar-refractivity contribution < 1.29 is 18.3 Å². The van der Waals surface area contributed by atoms with Gasteiger partial charge in [0.05, 0.1) is 11.3 Å². The normalized spacial score (nSPS) is 18.1. The second-order valence-electron chi connectivity index (χ2n) is 6.90. The molecule has 2 aromatic rings. The smallest absolute Gasteiger partial charge is 0.335 e. The molecule has 0 spiro atoms. The van der Waals surface area contributed by atoms with Crippen LogP contribution in [-0.2, 0) is 16.6 Å². The Balaban J connectivity index is 1.78. The molecule has 27 heavy (non-hydrogen) atoms. The van der Waals surface area contributed by atoms with E-state index in [0.29, 0.717) is 13.1 Å². The van der Waals surface area contributed by atoms with Crippen molar-refractivity contribution in [3.8, 4) is 11.3 Å². The fourth-order valence-electron chi connectivity index (χ4n) is 3.35. The standard InChI is InChI=1S/C19H23N3O4S/c1-21(2)27(25,26)22-11-9-14(13-22)12-17-4-3-10-20-18(17)15-5-7-16(8-6-15)19(23)24/h3-8,10,14H,9,11-13H2,1-2H3,(H,23,24)/t14-/m1/s1. The van der Waals surface area contributed by atoms with Crippen LogP contribution in [0.1, 0.15) is 22.3 Å². The van der Waals surface area contributed by atoms with E-state index in [2.05, 4.69) is 4.98 Å². The SMILES string of the molecule is CN(C)S(=O)(=O)N1CC[C@H](Cc2cccnc2-c2ccc(C(=O)O)cc2)C1. The van der Waals surface area contributed by atoms with Crippen molar-refractivity contribution >= 4 is 16.2 Å². The van der Waals surface area contributed by atoms with Crippen molar-refractivity contribution in [1.29, 1.82) is 0 Å². The molecule has 1 N–H and O–H groups in total. The van der Waals surface area contributed by atoms with E-state index in [9.17, 15) is 13.2 Å². The summed E-state index contributed by atoms with van der Waals surface area (Å²) in [7, 11) is -0.293. The van der Waals surface area contributed by atoms with E-state index >= 15 is 0 Å². The molecule has 3 rings (SSSR count). The first-order valence-electron chi connectivity index (χ1n) is 8.74. The first-order chi connectivity index (χ1) is 12.8. The van der Waals surface area contributed by atoms with Gasteiger partial charge in [0, 0.05) is 38.9 Å². The van der Waals surface area contributed by atoms with Crippen LogP contribution in [0.5, 0.6) is 0 Å². The molecule has 0 radical (unpaired) electrons. The van der Waals surface area contributed by atoms with Crippen molar-refractivity contribution in [2.45, 2.75) is 12.8 Å². The van der Waals surface area contributed by atoms with Crippen LogP contribution in [0.25, 0.3) is 11.3 Å². The zero-order chi connectivity index (χ0) is 19.6. The maximum Gasteiger partial charge on any atom is 0.335 e. The highest BCUT2D eigenvalue weighted by Crippen LogP contribution is 2.28. The zero-order valence-electron chi connectivity index (χ0n) is 15.4. The van der Waals surface area contributed by atoms with Crippen molar-refractivity contribution in [3.05, 3.63) is 53.7 Å². The molecule has 0 unspecified atom stereocenters. The van der Waals surface area contributed by atoms with Gasteiger partial charge in [-0.15, -0.1) is 0 Å². The Morgan fingerprint density at radius 3 is 2.59 bits per heavy atom. The van der Waals surface area contributed by atoms with Gasteiger partial charge in [-0.05, 0) is 42.5 Å². The Morgan fingerprint density at radius 2 is 1.96 bits per heavy atom. The summed E-state index contributed by atoms with van der Waals surface area (Å²) in [6.45, 7) is 1.01. The summed E-state index contributed by atoms with van der Waals surface area (Å²) < 4.78 is 27.4. The molecule has 8 heteroatoms. The number of benzene rings is 1. The van der Waals surface area contributed by atoms with Crippen LogP contribution in [0.2, 0.25) is 0 Å². The Morgan fingerprint density at radius 1 is 1.26 bits per heavy atom. The molecular formula is C19H23N3O4S. The predicted octanol–water partition coefficient (Wildman–Crippen LogP) is 2.12. The van der Waals surface area contributed by atoms with Crippen LogP contribution in [0.15, 0.2) is 42.6 Å². The predicted molar refractivity (Wildman–Crippen MR) is 103 cm³/mol. The summed E-state index contributed by atoms with van der Waals surface area (Å²) in [4.78, 5) is 15.5. The Hall–Kier alpha value is -2.29. The average molecular weight is 389 g/mol. The van der Waals surface area contributed by atoms with Crippen molar-refractivity contribution in [3.63, 3.8) is 0 Å². The summed E-state index contributed by atoms with van der Waals surface area (Å²) in [5.41, 5.74) is 2.93. The minimum absolute atomic E-state index is 0.223. The molecular weight excluding hydrogens is 366 g/mol. The molecule has 0 bridgehead atoms. The number of carboxylic acid groups (broad SMARTS) is 1. The van der Waals surface area contributed by atoms with Gasteiger partial charge in [0.25, 0.3) is 10.2 Å². The van der Waals surface area contributed by atoms with E-state index < -0.39 is 16.2 Å². The molecule has 7 nitrogen and oxygen atoms in total. The van der Waals surface area contributed by atoms with Crippen LogP contribution in [0, 0.1) is 5.92 Å². The van der Waals surface area contributed by atoms with Gasteiger partial charge < -0.3 is 5.11 Å². The third-order valence-electron chi connectivity index (χ3n) is 4.84. The third-order valence-corrected chi connectivity index (χ3v) is 6.75. The number of carbonyl (C=O) groups is 1. The molecule has 1 atom stereocenters. The van der Waals surface area contributed by atoms with Crippen molar-refractivity contribution in [2.75, 3.05) is 27.2 Å². The summed E-state index contributed by atoms with van der Waals surface area (Å²) in [5.74, 6) is -0.739. The van der Waals surface area contributed by atoms with E-state index in [1.165, 1.54) is 8.61 Å². The lowest BCUT2D eigenvalue weighted by molar-refractivity contribution is 0.0697. The van der Waals surface area contributed by atoms with Gasteiger partial charge in [-0.2, -0.15) is 17.0 Å². The van der Waals surface area contributed by atoms with Crippen molar-refractivity contribution in [2.24, 2.45) is 5.92 Å². The minimum atomic E-state index is -3.38. The molecule has 1 aliphatic rings. The summed E-state index contributed by atoms with van der Waals surface area (Å²) >= 11 is 0. The monoisotopic (exact) mass is 389 g/mol. The quantitative estimate of drug-likeness (QED) is 0.817. The third kappa shape index (κ3) is 4.18. The number of aromatic nitrogens is 1. The minimum Gasteiger partial charge on any atom is -0.478 e. The van der Waals surface area contributed by atoms with E-state index in [0.717, 1.165) is 29.7 Å². The van der Waals surface area contributed by atoms with Gasteiger partial charge in [0.2, 0.25) is 0 Å². The number of aromatic carboxylic acids is 1. The second kappa shape index (κ2) is 7.75. The average Bonchev–Trinajstić information content (AvgIpc) is 3.11. The maximum atomic E-state index is 12.3. The number of pyridine rings is 1. The largest absolute Gasteiger partial charge is 0.478 e. The van der Waals surface area contributed by atoms with Crippen LogP contribution in [0.3, 0.4) is 0 Å². The van der Waals surface area contributed by atoms with Gasteiger partial charge >= 0.3 is 5.97 Å². The molecule has 1 aromatic carbocycles. The highest BCUT2D eigenvalue weighted by molar-refractivity contribution is 7.86. The Bertz CT molecular complexity index is 926.